The van der Waals surface area contributed by atoms with Crippen molar-refractivity contribution >= 4 is 11.9 Å². The van der Waals surface area contributed by atoms with Crippen molar-refractivity contribution in [3.05, 3.63) is 23.5 Å². The Morgan fingerprint density at radius 1 is 1.67 bits per heavy atom. The molecule has 5 heteroatoms. The van der Waals surface area contributed by atoms with Gasteiger partial charge in [0.1, 0.15) is 5.76 Å². The Morgan fingerprint density at radius 2 is 2.39 bits per heavy atom. The van der Waals surface area contributed by atoms with Gasteiger partial charge in [0.2, 0.25) is 0 Å². The highest BCUT2D eigenvalue weighted by molar-refractivity contribution is 6.01. The Bertz CT molecular complexity index is 507. The fourth-order valence-electron chi connectivity index (χ4n) is 3.24. The Morgan fingerprint density at radius 3 is 3.00 bits per heavy atom. The van der Waals surface area contributed by atoms with Crippen molar-refractivity contribution in [2.75, 3.05) is 7.05 Å². The molecule has 0 radical (unpaired) electrons. The van der Waals surface area contributed by atoms with Gasteiger partial charge in [-0.25, -0.2) is 0 Å². The van der Waals surface area contributed by atoms with E-state index in [2.05, 4.69) is 0 Å². The van der Waals surface area contributed by atoms with Gasteiger partial charge < -0.3 is 14.7 Å². The van der Waals surface area contributed by atoms with Crippen LogP contribution < -0.4 is 0 Å². The second kappa shape index (κ2) is 3.37. The van der Waals surface area contributed by atoms with Crippen LogP contribution in [0.1, 0.15) is 19.8 Å². The van der Waals surface area contributed by atoms with Crippen LogP contribution in [0.3, 0.4) is 0 Å². The number of amides is 1. The number of hydrogen-bond acceptors (Lipinski definition) is 3. The second-order valence-corrected chi connectivity index (χ2v) is 5.09. The van der Waals surface area contributed by atoms with E-state index >= 15 is 0 Å². The first-order valence-corrected chi connectivity index (χ1v) is 6.12. The fourth-order valence-corrected chi connectivity index (χ4v) is 3.24. The summed E-state index contributed by atoms with van der Waals surface area (Å²) >= 11 is 0. The normalized spacial score (nSPS) is 37.0. The Kier molecular flexibility index (Phi) is 2.12. The number of likely N-dealkylation sites (N-methyl/N-ethyl adjacent to an activating group) is 1. The summed E-state index contributed by atoms with van der Waals surface area (Å²) in [4.78, 5) is 25.4. The van der Waals surface area contributed by atoms with Crippen LogP contribution in [0.5, 0.6) is 0 Å². The summed E-state index contributed by atoms with van der Waals surface area (Å²) in [5.74, 6) is -1.65. The quantitative estimate of drug-likeness (QED) is 0.796. The van der Waals surface area contributed by atoms with Gasteiger partial charge in [0.15, 0.2) is 5.72 Å². The molecule has 0 spiro atoms. The Balaban J connectivity index is 2.21. The topological polar surface area (TPSA) is 66.8 Å². The van der Waals surface area contributed by atoms with Gasteiger partial charge in [-0.15, -0.1) is 0 Å². The molecule has 18 heavy (non-hydrogen) atoms. The molecule has 1 N–H and O–H groups in total. The number of aliphatic carboxylic acids is 1. The molecule has 1 amide bonds. The van der Waals surface area contributed by atoms with Crippen molar-refractivity contribution in [3.63, 3.8) is 0 Å². The molecule has 4 aliphatic heterocycles. The van der Waals surface area contributed by atoms with Crippen LogP contribution in [0.2, 0.25) is 0 Å². The number of ether oxygens (including phenoxy) is 1. The third-order valence-corrected chi connectivity index (χ3v) is 4.32. The van der Waals surface area contributed by atoms with E-state index in [9.17, 15) is 14.7 Å². The molecular weight excluding hydrogens is 234 g/mol. The van der Waals surface area contributed by atoms with Crippen LogP contribution in [0.25, 0.3) is 0 Å². The summed E-state index contributed by atoms with van der Waals surface area (Å²) in [5.41, 5.74) is -0.382. The molecule has 5 nitrogen and oxygen atoms in total. The van der Waals surface area contributed by atoms with E-state index in [0.29, 0.717) is 24.2 Å². The zero-order valence-corrected chi connectivity index (χ0v) is 10.3. The molecule has 0 aromatic carbocycles. The van der Waals surface area contributed by atoms with Crippen molar-refractivity contribution in [2.45, 2.75) is 25.5 Å². The number of nitrogens with zero attached hydrogens (tertiary/aromatic N) is 1. The lowest BCUT2D eigenvalue weighted by Crippen LogP contribution is -2.53. The predicted octanol–water partition coefficient (Wildman–Crippen LogP) is 1.13. The van der Waals surface area contributed by atoms with Crippen LogP contribution in [-0.4, -0.2) is 34.7 Å². The van der Waals surface area contributed by atoms with Gasteiger partial charge in [-0.1, -0.05) is 13.0 Å². The predicted molar refractivity (Wildman–Crippen MR) is 62.3 cm³/mol. The van der Waals surface area contributed by atoms with Crippen LogP contribution in [-0.2, 0) is 14.3 Å². The molecule has 5 rings (SSSR count). The smallest absolute Gasteiger partial charge is 0.311 e. The van der Waals surface area contributed by atoms with Crippen LogP contribution in [0.4, 0.5) is 0 Å². The van der Waals surface area contributed by atoms with E-state index in [1.807, 2.05) is 13.0 Å². The van der Waals surface area contributed by atoms with Gasteiger partial charge in [0, 0.05) is 25.8 Å². The third-order valence-electron chi connectivity index (χ3n) is 4.32. The molecule has 1 aliphatic carbocycles. The number of carboxylic acids is 1. The summed E-state index contributed by atoms with van der Waals surface area (Å²) in [5, 5.41) is 9.37. The van der Waals surface area contributed by atoms with Gasteiger partial charge in [-0.05, 0) is 6.08 Å². The average molecular weight is 249 g/mol. The highest BCUT2D eigenvalue weighted by atomic mass is 16.5. The monoisotopic (exact) mass is 249 g/mol. The number of hydrogen-bond donors (Lipinski definition) is 1. The Hall–Kier alpha value is -1.78. The highest BCUT2D eigenvalue weighted by Gasteiger charge is 2.56. The number of carboxylic acid groups (broad SMARTS) is 1. The molecule has 1 saturated heterocycles. The van der Waals surface area contributed by atoms with Crippen molar-refractivity contribution in [3.8, 4) is 0 Å². The second-order valence-electron chi connectivity index (χ2n) is 5.09. The van der Waals surface area contributed by atoms with Crippen LogP contribution >= 0.6 is 0 Å². The SMILES string of the molecule is CCC12CC3C=CC(=C(C(=O)N1C)C3C(=O)O)O2. The fraction of sp³-hybridized carbons (Fsp3) is 0.538. The third kappa shape index (κ3) is 1.16. The number of allylic oxidation sites excluding steroid dienone is 2. The van der Waals surface area contributed by atoms with Crippen molar-refractivity contribution < 1.29 is 19.4 Å². The molecule has 1 fully saturated rings. The number of carbonyl (C=O) groups is 2. The summed E-state index contributed by atoms with van der Waals surface area (Å²) in [6, 6.07) is 0. The lowest BCUT2D eigenvalue weighted by atomic mass is 9.80. The first-order valence-electron chi connectivity index (χ1n) is 6.12. The highest BCUT2D eigenvalue weighted by Crippen LogP contribution is 2.49. The standard InChI is InChI=1S/C13H15NO4/c1-3-13-6-7-4-5-8(18-13)10(9(7)12(16)17)11(15)14(13)2/h4-5,7,9H,3,6H2,1-2H3,(H,16,17). The summed E-state index contributed by atoms with van der Waals surface area (Å²) in [6.07, 6.45) is 4.80. The maximum absolute atomic E-state index is 12.4. The Labute approximate surface area is 105 Å². The van der Waals surface area contributed by atoms with Crippen molar-refractivity contribution in [1.29, 1.82) is 0 Å². The number of carbonyl (C=O) groups excluding carboxylic acids is 1. The molecular formula is C13H15NO4. The molecule has 96 valence electrons. The maximum atomic E-state index is 12.4. The zero-order chi connectivity index (χ0) is 13.1. The minimum Gasteiger partial charge on any atom is -0.481 e. The minimum absolute atomic E-state index is 0.169. The van der Waals surface area contributed by atoms with E-state index in [1.54, 1.807) is 18.0 Å². The molecule has 3 unspecified atom stereocenters. The van der Waals surface area contributed by atoms with E-state index < -0.39 is 17.6 Å². The van der Waals surface area contributed by atoms with E-state index in [-0.39, 0.29) is 11.8 Å². The molecule has 4 bridgehead atoms. The number of rotatable bonds is 2. The average Bonchev–Trinajstić information content (AvgIpc) is 2.64. The summed E-state index contributed by atoms with van der Waals surface area (Å²) in [7, 11) is 1.69. The first kappa shape index (κ1) is 11.3. The largest absolute Gasteiger partial charge is 0.481 e. The van der Waals surface area contributed by atoms with Crippen LogP contribution in [0, 0.1) is 11.8 Å². The van der Waals surface area contributed by atoms with E-state index in [1.165, 1.54) is 0 Å². The van der Waals surface area contributed by atoms with Gasteiger partial charge in [0.05, 0.1) is 11.5 Å². The lowest BCUT2D eigenvalue weighted by Gasteiger charge is -2.43. The summed E-state index contributed by atoms with van der Waals surface area (Å²) in [6.45, 7) is 1.95. The number of fused-ring (bicyclic) bond motifs is 1. The van der Waals surface area contributed by atoms with Crippen molar-refractivity contribution in [1.82, 2.24) is 4.90 Å². The molecule has 0 aromatic heterocycles. The van der Waals surface area contributed by atoms with E-state index in [4.69, 9.17) is 4.74 Å². The van der Waals surface area contributed by atoms with Gasteiger partial charge in [0.25, 0.3) is 5.91 Å². The van der Waals surface area contributed by atoms with Crippen LogP contribution in [0.15, 0.2) is 23.5 Å². The molecule has 5 aliphatic rings. The van der Waals surface area contributed by atoms with Gasteiger partial charge >= 0.3 is 5.97 Å². The van der Waals surface area contributed by atoms with E-state index in [0.717, 1.165) is 0 Å². The molecule has 3 atom stereocenters. The minimum atomic E-state index is -0.948. The lowest BCUT2D eigenvalue weighted by molar-refractivity contribution is -0.164. The zero-order valence-electron chi connectivity index (χ0n) is 10.3. The summed E-state index contributed by atoms with van der Waals surface area (Å²) < 4.78 is 5.94. The molecule has 0 aromatic rings. The molecule has 4 heterocycles. The molecule has 0 saturated carbocycles. The maximum Gasteiger partial charge on any atom is 0.311 e. The van der Waals surface area contributed by atoms with Gasteiger partial charge in [-0.2, -0.15) is 0 Å². The van der Waals surface area contributed by atoms with Crippen molar-refractivity contribution in [2.24, 2.45) is 11.8 Å². The van der Waals surface area contributed by atoms with Gasteiger partial charge in [-0.3, -0.25) is 9.59 Å². The first-order chi connectivity index (χ1) is 8.50.